The summed E-state index contributed by atoms with van der Waals surface area (Å²) in [5.41, 5.74) is 2.74. The number of rotatable bonds is 6. The zero-order valence-corrected chi connectivity index (χ0v) is 14.2. The van der Waals surface area contributed by atoms with Gasteiger partial charge >= 0.3 is 11.8 Å². The smallest absolute Gasteiger partial charge is 0.313 e. The van der Waals surface area contributed by atoms with E-state index in [1.165, 1.54) is 0 Å². The van der Waals surface area contributed by atoms with E-state index in [1.807, 2.05) is 44.1 Å². The summed E-state index contributed by atoms with van der Waals surface area (Å²) in [6, 6.07) is 5.86. The van der Waals surface area contributed by atoms with Gasteiger partial charge in [0, 0.05) is 12.2 Å². The van der Waals surface area contributed by atoms with Gasteiger partial charge in [-0.05, 0) is 51.0 Å². The quantitative estimate of drug-likeness (QED) is 0.625. The Morgan fingerprint density at radius 1 is 1.18 bits per heavy atom. The van der Waals surface area contributed by atoms with Gasteiger partial charge in [0.05, 0.1) is 0 Å². The molecule has 2 amide bonds. The first kappa shape index (κ1) is 18.2. The number of nitrogens with zero attached hydrogens (tertiary/aromatic N) is 1. The third-order valence-electron chi connectivity index (χ3n) is 3.44. The van der Waals surface area contributed by atoms with Gasteiger partial charge in [-0.15, -0.1) is 0 Å². The molecule has 0 radical (unpaired) electrons. The van der Waals surface area contributed by atoms with Gasteiger partial charge in [-0.25, -0.2) is 0 Å². The number of carbonyl (C=O) groups excluding carboxylic acids is 2. The number of benzene rings is 1. The van der Waals surface area contributed by atoms with Crippen LogP contribution in [0.25, 0.3) is 0 Å². The summed E-state index contributed by atoms with van der Waals surface area (Å²) in [4.78, 5) is 25.9. The molecule has 1 rings (SSSR count). The molecule has 0 fully saturated rings. The van der Waals surface area contributed by atoms with Gasteiger partial charge in [0.25, 0.3) is 0 Å². The van der Waals surface area contributed by atoms with E-state index in [-0.39, 0.29) is 5.92 Å². The lowest BCUT2D eigenvalue weighted by atomic mass is 9.98. The molecule has 0 saturated heterocycles. The van der Waals surface area contributed by atoms with Gasteiger partial charge in [0.15, 0.2) is 0 Å². The maximum Gasteiger partial charge on any atom is 0.313 e. The molecule has 0 aliphatic carbocycles. The number of hydrogen-bond acceptors (Lipinski definition) is 3. The molecule has 0 spiro atoms. The summed E-state index contributed by atoms with van der Waals surface area (Å²) < 4.78 is 0. The molecule has 5 heteroatoms. The molecule has 0 saturated carbocycles. The molecule has 0 heterocycles. The van der Waals surface area contributed by atoms with Crippen LogP contribution >= 0.6 is 0 Å². The highest BCUT2D eigenvalue weighted by molar-refractivity contribution is 6.39. The normalized spacial score (nSPS) is 10.9. The largest absolute Gasteiger partial charge is 0.348 e. The predicted molar refractivity (Wildman–Crippen MR) is 90.1 cm³/mol. The van der Waals surface area contributed by atoms with E-state index in [2.05, 4.69) is 24.5 Å². The Labute approximate surface area is 133 Å². The van der Waals surface area contributed by atoms with E-state index in [1.54, 1.807) is 0 Å². The second kappa shape index (κ2) is 8.54. The molecule has 0 aliphatic heterocycles. The van der Waals surface area contributed by atoms with Crippen molar-refractivity contribution >= 4 is 17.5 Å². The van der Waals surface area contributed by atoms with Gasteiger partial charge in [-0.3, -0.25) is 9.59 Å². The second-order valence-electron chi connectivity index (χ2n) is 6.06. The Kier molecular flexibility index (Phi) is 7.05. The predicted octanol–water partition coefficient (Wildman–Crippen LogP) is 2.12. The fraction of sp³-hybridized carbons (Fsp3) is 0.529. The van der Waals surface area contributed by atoms with Crippen molar-refractivity contribution < 1.29 is 9.59 Å². The molecule has 0 unspecified atom stereocenters. The lowest BCUT2D eigenvalue weighted by Crippen LogP contribution is -2.37. The molecule has 0 aliphatic rings. The number of hydrogen-bond donors (Lipinski definition) is 2. The number of aryl methyl sites for hydroxylation is 1. The zero-order valence-electron chi connectivity index (χ0n) is 14.2. The van der Waals surface area contributed by atoms with Crippen LogP contribution in [0.4, 0.5) is 5.69 Å². The summed E-state index contributed by atoms with van der Waals surface area (Å²) in [5, 5.41) is 5.40. The van der Waals surface area contributed by atoms with E-state index < -0.39 is 11.8 Å². The molecule has 0 atom stereocenters. The minimum absolute atomic E-state index is 0.276. The van der Waals surface area contributed by atoms with Crippen LogP contribution in [0.2, 0.25) is 0 Å². The van der Waals surface area contributed by atoms with Crippen LogP contribution in [0.15, 0.2) is 18.2 Å². The summed E-state index contributed by atoms with van der Waals surface area (Å²) in [7, 11) is 3.94. The van der Waals surface area contributed by atoms with Gasteiger partial charge in [0.1, 0.15) is 0 Å². The minimum atomic E-state index is -0.610. The Morgan fingerprint density at radius 3 is 2.45 bits per heavy atom. The van der Waals surface area contributed by atoms with Crippen molar-refractivity contribution in [3.05, 3.63) is 29.3 Å². The van der Waals surface area contributed by atoms with E-state index in [0.29, 0.717) is 6.54 Å². The van der Waals surface area contributed by atoms with Crippen LogP contribution in [-0.4, -0.2) is 43.9 Å². The average Bonchev–Trinajstić information content (AvgIpc) is 2.44. The molecule has 22 heavy (non-hydrogen) atoms. The van der Waals surface area contributed by atoms with Crippen molar-refractivity contribution in [3.8, 4) is 0 Å². The highest BCUT2D eigenvalue weighted by Gasteiger charge is 2.17. The van der Waals surface area contributed by atoms with Crippen molar-refractivity contribution in [2.45, 2.75) is 33.1 Å². The number of anilines is 1. The average molecular weight is 305 g/mol. The lowest BCUT2D eigenvalue weighted by Gasteiger charge is -2.16. The second-order valence-corrected chi connectivity index (χ2v) is 6.06. The Bertz CT molecular complexity index is 525. The van der Waals surface area contributed by atoms with Crippen molar-refractivity contribution in [2.24, 2.45) is 0 Å². The molecule has 1 aromatic carbocycles. The van der Waals surface area contributed by atoms with Crippen molar-refractivity contribution in [3.63, 3.8) is 0 Å². The first-order valence-corrected chi connectivity index (χ1v) is 7.66. The van der Waals surface area contributed by atoms with E-state index in [9.17, 15) is 9.59 Å². The summed E-state index contributed by atoms with van der Waals surface area (Å²) >= 11 is 0. The van der Waals surface area contributed by atoms with Crippen molar-refractivity contribution in [1.82, 2.24) is 10.2 Å². The number of amides is 2. The van der Waals surface area contributed by atoms with Gasteiger partial charge in [-0.1, -0.05) is 32.0 Å². The Morgan fingerprint density at radius 2 is 1.86 bits per heavy atom. The maximum absolute atomic E-state index is 12.0. The summed E-state index contributed by atoms with van der Waals surface area (Å²) in [5.74, 6) is -0.920. The van der Waals surface area contributed by atoms with E-state index in [4.69, 9.17) is 0 Å². The standard InChI is InChI=1S/C17H27N3O2/c1-12(2)14-9-6-8-13(3)15(14)19-17(22)16(21)18-10-7-11-20(4)5/h6,8-9,12H,7,10-11H2,1-5H3,(H,18,21)(H,19,22). The topological polar surface area (TPSA) is 61.4 Å². The number of nitrogens with one attached hydrogen (secondary N) is 2. The highest BCUT2D eigenvalue weighted by atomic mass is 16.2. The minimum Gasteiger partial charge on any atom is -0.348 e. The molecule has 0 aromatic heterocycles. The Balaban J connectivity index is 2.63. The van der Waals surface area contributed by atoms with Crippen molar-refractivity contribution in [2.75, 3.05) is 32.5 Å². The third-order valence-corrected chi connectivity index (χ3v) is 3.44. The van der Waals surface area contributed by atoms with Crippen molar-refractivity contribution in [1.29, 1.82) is 0 Å². The maximum atomic E-state index is 12.0. The van der Waals surface area contributed by atoms with Crippen LogP contribution in [0.3, 0.4) is 0 Å². The van der Waals surface area contributed by atoms with Gasteiger partial charge < -0.3 is 15.5 Å². The third kappa shape index (κ3) is 5.48. The molecule has 2 N–H and O–H groups in total. The highest BCUT2D eigenvalue weighted by Crippen LogP contribution is 2.27. The number of para-hydroxylation sites is 1. The molecule has 0 bridgehead atoms. The van der Waals surface area contributed by atoms with E-state index >= 15 is 0 Å². The molecule has 122 valence electrons. The van der Waals surface area contributed by atoms with Crippen LogP contribution in [-0.2, 0) is 9.59 Å². The first-order valence-electron chi connectivity index (χ1n) is 7.66. The zero-order chi connectivity index (χ0) is 16.7. The SMILES string of the molecule is Cc1cccc(C(C)C)c1NC(=O)C(=O)NCCCN(C)C. The Hall–Kier alpha value is -1.88. The van der Waals surface area contributed by atoms with Crippen LogP contribution < -0.4 is 10.6 Å². The molecule has 5 nitrogen and oxygen atoms in total. The van der Waals surface area contributed by atoms with Gasteiger partial charge in [0.2, 0.25) is 0 Å². The summed E-state index contributed by atoms with van der Waals surface area (Å²) in [6.45, 7) is 7.42. The molecule has 1 aromatic rings. The molecular formula is C17H27N3O2. The molecular weight excluding hydrogens is 278 g/mol. The lowest BCUT2D eigenvalue weighted by molar-refractivity contribution is -0.136. The summed E-state index contributed by atoms with van der Waals surface area (Å²) in [6.07, 6.45) is 0.813. The number of carbonyl (C=O) groups is 2. The monoisotopic (exact) mass is 305 g/mol. The first-order chi connectivity index (χ1) is 10.3. The van der Waals surface area contributed by atoms with Crippen LogP contribution in [0.5, 0.6) is 0 Å². The van der Waals surface area contributed by atoms with Gasteiger partial charge in [-0.2, -0.15) is 0 Å². The fourth-order valence-electron chi connectivity index (χ4n) is 2.19. The van der Waals surface area contributed by atoms with Crippen LogP contribution in [0.1, 0.15) is 37.3 Å². The van der Waals surface area contributed by atoms with Crippen LogP contribution in [0, 0.1) is 6.92 Å². The fourth-order valence-corrected chi connectivity index (χ4v) is 2.19. The van der Waals surface area contributed by atoms with E-state index in [0.717, 1.165) is 29.8 Å².